The number of carbonyl (C=O) groups is 1. The predicted molar refractivity (Wildman–Crippen MR) is 101 cm³/mol. The molecule has 0 fully saturated rings. The quantitative estimate of drug-likeness (QED) is 0.744. The van der Waals surface area contributed by atoms with Crippen LogP contribution in [0.2, 0.25) is 0 Å². The molecule has 0 saturated carbocycles. The first-order chi connectivity index (χ1) is 12.8. The molecule has 1 aliphatic carbocycles. The average molecular weight is 349 g/mol. The minimum absolute atomic E-state index is 0.0445. The van der Waals surface area contributed by atoms with Crippen molar-refractivity contribution in [1.29, 1.82) is 0 Å². The first kappa shape index (κ1) is 16.6. The standard InChI is InChI=1S/C21H23N3O2/c25-21(15-26-20-9-11-22-18-7-3-2-6-17(18)20)23-12-14-24-13-10-16-5-1-4-8-19(16)24/h1,4-5,8-11,13H,2-3,6-7,12,14-15H2,(H,23,25). The number of amides is 1. The first-order valence-electron chi connectivity index (χ1n) is 9.21. The van der Waals surface area contributed by atoms with Crippen molar-refractivity contribution in [2.24, 2.45) is 0 Å². The van der Waals surface area contributed by atoms with Gasteiger partial charge in [-0.3, -0.25) is 9.78 Å². The predicted octanol–water partition coefficient (Wildman–Crippen LogP) is 3.11. The third-order valence-corrected chi connectivity index (χ3v) is 4.91. The Kier molecular flexibility index (Phi) is 4.86. The lowest BCUT2D eigenvalue weighted by atomic mass is 9.95. The zero-order chi connectivity index (χ0) is 17.8. The largest absolute Gasteiger partial charge is 0.483 e. The molecule has 1 N–H and O–H groups in total. The number of hydrogen-bond donors (Lipinski definition) is 1. The molecular weight excluding hydrogens is 326 g/mol. The lowest BCUT2D eigenvalue weighted by molar-refractivity contribution is -0.123. The van der Waals surface area contributed by atoms with E-state index in [9.17, 15) is 4.79 Å². The number of nitrogens with zero attached hydrogens (tertiary/aromatic N) is 2. The maximum atomic E-state index is 12.1. The summed E-state index contributed by atoms with van der Waals surface area (Å²) < 4.78 is 7.91. The van der Waals surface area contributed by atoms with Crippen LogP contribution in [0.15, 0.2) is 48.8 Å². The second-order valence-electron chi connectivity index (χ2n) is 6.65. The van der Waals surface area contributed by atoms with Gasteiger partial charge in [0.15, 0.2) is 6.61 Å². The molecule has 0 saturated heterocycles. The molecule has 0 spiro atoms. The van der Waals surface area contributed by atoms with Gasteiger partial charge in [-0.2, -0.15) is 0 Å². The highest BCUT2D eigenvalue weighted by molar-refractivity contribution is 5.80. The highest BCUT2D eigenvalue weighted by Gasteiger charge is 2.15. The number of rotatable bonds is 6. The van der Waals surface area contributed by atoms with Crippen molar-refractivity contribution >= 4 is 16.8 Å². The average Bonchev–Trinajstić information content (AvgIpc) is 3.09. The lowest BCUT2D eigenvalue weighted by Crippen LogP contribution is -2.31. The number of hydrogen-bond acceptors (Lipinski definition) is 3. The molecule has 0 radical (unpaired) electrons. The number of benzene rings is 1. The molecule has 3 aromatic rings. The molecule has 134 valence electrons. The molecule has 2 aromatic heterocycles. The Hall–Kier alpha value is -2.82. The van der Waals surface area contributed by atoms with Crippen LogP contribution in [-0.2, 0) is 24.2 Å². The minimum Gasteiger partial charge on any atom is -0.483 e. The molecule has 0 bridgehead atoms. The van der Waals surface area contributed by atoms with Crippen LogP contribution in [0.4, 0.5) is 0 Å². The Morgan fingerprint density at radius 2 is 2.04 bits per heavy atom. The Bertz CT molecular complexity index is 917. The Morgan fingerprint density at radius 3 is 3.00 bits per heavy atom. The van der Waals surface area contributed by atoms with Crippen molar-refractivity contribution in [2.45, 2.75) is 32.2 Å². The molecular formula is C21H23N3O2. The van der Waals surface area contributed by atoms with E-state index in [1.807, 2.05) is 18.2 Å². The van der Waals surface area contributed by atoms with Crippen molar-refractivity contribution in [2.75, 3.05) is 13.2 Å². The van der Waals surface area contributed by atoms with E-state index >= 15 is 0 Å². The molecule has 1 aliphatic rings. The molecule has 0 unspecified atom stereocenters. The van der Waals surface area contributed by atoms with E-state index in [4.69, 9.17) is 4.74 Å². The molecule has 0 atom stereocenters. The van der Waals surface area contributed by atoms with Crippen molar-refractivity contribution in [3.63, 3.8) is 0 Å². The van der Waals surface area contributed by atoms with Gasteiger partial charge in [0, 0.05) is 42.3 Å². The number of nitrogens with one attached hydrogen (secondary N) is 1. The number of carbonyl (C=O) groups excluding carboxylic acids is 1. The Morgan fingerprint density at radius 1 is 1.15 bits per heavy atom. The molecule has 5 nitrogen and oxygen atoms in total. The third kappa shape index (κ3) is 3.57. The topological polar surface area (TPSA) is 56.1 Å². The van der Waals surface area contributed by atoms with Crippen molar-refractivity contribution in [3.8, 4) is 5.75 Å². The number of para-hydroxylation sites is 1. The van der Waals surface area contributed by atoms with Crippen molar-refractivity contribution in [1.82, 2.24) is 14.9 Å². The van der Waals surface area contributed by atoms with E-state index in [2.05, 4.69) is 39.3 Å². The number of aryl methyl sites for hydroxylation is 1. The van der Waals surface area contributed by atoms with E-state index in [1.54, 1.807) is 6.20 Å². The second-order valence-corrected chi connectivity index (χ2v) is 6.65. The van der Waals surface area contributed by atoms with Gasteiger partial charge < -0.3 is 14.6 Å². The van der Waals surface area contributed by atoms with Crippen molar-refractivity contribution in [3.05, 3.63) is 60.0 Å². The molecule has 5 heteroatoms. The fourth-order valence-electron chi connectivity index (χ4n) is 3.57. The summed E-state index contributed by atoms with van der Waals surface area (Å²) in [6.45, 7) is 1.36. The highest BCUT2D eigenvalue weighted by Crippen LogP contribution is 2.27. The number of fused-ring (bicyclic) bond motifs is 2. The molecule has 26 heavy (non-hydrogen) atoms. The molecule has 0 aliphatic heterocycles. The lowest BCUT2D eigenvalue weighted by Gasteiger charge is -2.18. The van der Waals surface area contributed by atoms with Gasteiger partial charge in [0.2, 0.25) is 0 Å². The first-order valence-corrected chi connectivity index (χ1v) is 9.21. The maximum Gasteiger partial charge on any atom is 0.258 e. The van der Waals surface area contributed by atoms with Crippen LogP contribution in [0.1, 0.15) is 24.1 Å². The number of aromatic nitrogens is 2. The summed E-state index contributed by atoms with van der Waals surface area (Å²) in [4.78, 5) is 16.5. The maximum absolute atomic E-state index is 12.1. The summed E-state index contributed by atoms with van der Waals surface area (Å²) in [6, 6.07) is 12.2. The molecule has 1 amide bonds. The van der Waals surface area contributed by atoms with Gasteiger partial charge in [0.1, 0.15) is 5.75 Å². The van der Waals surface area contributed by atoms with Gasteiger partial charge in [0.05, 0.1) is 0 Å². The summed E-state index contributed by atoms with van der Waals surface area (Å²) in [6.07, 6.45) is 8.15. The summed E-state index contributed by atoms with van der Waals surface area (Å²) in [5, 5.41) is 4.15. The summed E-state index contributed by atoms with van der Waals surface area (Å²) in [7, 11) is 0. The summed E-state index contributed by atoms with van der Waals surface area (Å²) in [5.41, 5.74) is 3.47. The van der Waals surface area contributed by atoms with Crippen LogP contribution in [0.5, 0.6) is 5.75 Å². The monoisotopic (exact) mass is 349 g/mol. The fourth-order valence-corrected chi connectivity index (χ4v) is 3.57. The number of ether oxygens (including phenoxy) is 1. The van der Waals surface area contributed by atoms with E-state index < -0.39 is 0 Å². The minimum atomic E-state index is -0.0946. The van der Waals surface area contributed by atoms with Crippen LogP contribution in [0.3, 0.4) is 0 Å². The van der Waals surface area contributed by atoms with Crippen LogP contribution in [-0.4, -0.2) is 28.6 Å². The van der Waals surface area contributed by atoms with E-state index in [0.717, 1.165) is 37.3 Å². The van der Waals surface area contributed by atoms with Crippen molar-refractivity contribution < 1.29 is 9.53 Å². The van der Waals surface area contributed by atoms with Gasteiger partial charge in [-0.05, 0) is 49.3 Å². The van der Waals surface area contributed by atoms with Crippen LogP contribution in [0, 0.1) is 0 Å². The zero-order valence-corrected chi connectivity index (χ0v) is 14.8. The molecule has 1 aromatic carbocycles. The summed E-state index contributed by atoms with van der Waals surface area (Å²) in [5.74, 6) is 0.712. The molecule has 2 heterocycles. The van der Waals surface area contributed by atoms with Gasteiger partial charge in [-0.15, -0.1) is 0 Å². The highest BCUT2D eigenvalue weighted by atomic mass is 16.5. The van der Waals surface area contributed by atoms with Crippen LogP contribution >= 0.6 is 0 Å². The van der Waals surface area contributed by atoms with E-state index in [1.165, 1.54) is 22.9 Å². The summed E-state index contributed by atoms with van der Waals surface area (Å²) >= 11 is 0. The Balaban J connectivity index is 1.28. The smallest absolute Gasteiger partial charge is 0.258 e. The van der Waals surface area contributed by atoms with Gasteiger partial charge in [-0.1, -0.05) is 18.2 Å². The number of pyridine rings is 1. The fraction of sp³-hybridized carbons (Fsp3) is 0.333. The van der Waals surface area contributed by atoms with Crippen LogP contribution < -0.4 is 10.1 Å². The Labute approximate surface area is 153 Å². The van der Waals surface area contributed by atoms with Gasteiger partial charge in [-0.25, -0.2) is 0 Å². The molecule has 4 rings (SSSR count). The van der Waals surface area contributed by atoms with Gasteiger partial charge >= 0.3 is 0 Å². The van der Waals surface area contributed by atoms with E-state index in [-0.39, 0.29) is 12.5 Å². The van der Waals surface area contributed by atoms with E-state index in [0.29, 0.717) is 6.54 Å². The van der Waals surface area contributed by atoms with Crippen LogP contribution in [0.25, 0.3) is 10.9 Å². The van der Waals surface area contributed by atoms with Gasteiger partial charge in [0.25, 0.3) is 5.91 Å². The second kappa shape index (κ2) is 7.60. The SMILES string of the molecule is O=C(COc1ccnc2c1CCCC2)NCCn1ccc2ccccc21. The third-order valence-electron chi connectivity index (χ3n) is 4.91. The zero-order valence-electron chi connectivity index (χ0n) is 14.8. The normalized spacial score (nSPS) is 13.4.